The Labute approximate surface area is 153 Å². The first kappa shape index (κ1) is 19.9. The van der Waals surface area contributed by atoms with Gasteiger partial charge in [-0.25, -0.2) is 4.79 Å². The van der Waals surface area contributed by atoms with Crippen LogP contribution in [-0.4, -0.2) is 60.6 Å². The molecule has 7 nitrogen and oxygen atoms in total. The molecule has 0 aromatic heterocycles. The summed E-state index contributed by atoms with van der Waals surface area (Å²) in [4.78, 5) is 37.4. The maximum absolute atomic E-state index is 12.6. The van der Waals surface area contributed by atoms with Gasteiger partial charge >= 0.3 is 6.09 Å². The number of rotatable bonds is 4. The molecule has 0 spiro atoms. The number of ether oxygens (including phenoxy) is 2. The Balaban J connectivity index is 1.89. The van der Waals surface area contributed by atoms with Crippen LogP contribution in [0.25, 0.3) is 0 Å². The fourth-order valence-electron chi connectivity index (χ4n) is 2.57. The van der Waals surface area contributed by atoms with Gasteiger partial charge in [0.1, 0.15) is 5.60 Å². The zero-order chi connectivity index (χ0) is 19.3. The number of hydrogen-bond acceptors (Lipinski definition) is 5. The fraction of sp³-hybridized carbons (Fsp3) is 0.526. The van der Waals surface area contributed by atoms with Gasteiger partial charge in [-0.3, -0.25) is 9.59 Å². The van der Waals surface area contributed by atoms with E-state index >= 15 is 0 Å². The molecule has 1 N–H and O–H groups in total. The van der Waals surface area contributed by atoms with Crippen LogP contribution in [0.4, 0.5) is 4.79 Å². The normalized spacial score (nSPS) is 17.5. The molecule has 1 fully saturated rings. The summed E-state index contributed by atoms with van der Waals surface area (Å²) in [6.45, 7) is 8.39. The van der Waals surface area contributed by atoms with Crippen molar-refractivity contribution in [2.45, 2.75) is 39.4 Å². The highest BCUT2D eigenvalue weighted by atomic mass is 16.6. The largest absolute Gasteiger partial charge is 0.444 e. The van der Waals surface area contributed by atoms with Crippen molar-refractivity contribution in [1.29, 1.82) is 0 Å². The van der Waals surface area contributed by atoms with Crippen molar-refractivity contribution in [3.8, 4) is 0 Å². The van der Waals surface area contributed by atoms with Crippen molar-refractivity contribution in [3.05, 3.63) is 35.4 Å². The maximum atomic E-state index is 12.6. The smallest absolute Gasteiger partial charge is 0.407 e. The number of carbonyl (C=O) groups excluding carboxylic acids is 3. The third-order valence-corrected chi connectivity index (χ3v) is 3.84. The van der Waals surface area contributed by atoms with Crippen LogP contribution in [0, 0.1) is 0 Å². The predicted molar refractivity (Wildman–Crippen MR) is 96.3 cm³/mol. The molecule has 7 heteroatoms. The molecule has 26 heavy (non-hydrogen) atoms. The van der Waals surface area contributed by atoms with Gasteiger partial charge in [0.25, 0.3) is 5.91 Å². The number of morpholine rings is 1. The molecule has 0 unspecified atom stereocenters. The summed E-state index contributed by atoms with van der Waals surface area (Å²) >= 11 is 0. The van der Waals surface area contributed by atoms with Gasteiger partial charge in [-0.1, -0.05) is 12.1 Å². The average Bonchev–Trinajstić information content (AvgIpc) is 2.58. The molecular formula is C19H26N2O5. The van der Waals surface area contributed by atoms with Crippen LogP contribution in [0.3, 0.4) is 0 Å². The number of Topliss-reactive ketones (excluding diaryl/α,β-unsaturated/α-hetero) is 1. The van der Waals surface area contributed by atoms with Gasteiger partial charge in [0, 0.05) is 30.8 Å². The Morgan fingerprint density at radius 3 is 2.38 bits per heavy atom. The number of nitrogens with one attached hydrogen (secondary N) is 1. The SMILES string of the molecule is CC(=O)c1ccc(C(=O)N2CCO[C@@H](CNC(=O)OC(C)(C)C)C2)cc1. The Kier molecular flexibility index (Phi) is 6.37. The highest BCUT2D eigenvalue weighted by Gasteiger charge is 2.26. The summed E-state index contributed by atoms with van der Waals surface area (Å²) in [6.07, 6.45) is -0.805. The molecule has 0 bridgehead atoms. The van der Waals surface area contributed by atoms with E-state index in [1.807, 2.05) is 0 Å². The Bertz CT molecular complexity index is 664. The molecule has 0 aliphatic carbocycles. The van der Waals surface area contributed by atoms with Gasteiger partial charge < -0.3 is 19.7 Å². The van der Waals surface area contributed by atoms with Crippen LogP contribution >= 0.6 is 0 Å². The molecule has 2 amide bonds. The molecule has 142 valence electrons. The van der Waals surface area contributed by atoms with E-state index in [0.717, 1.165) is 0 Å². The molecule has 1 saturated heterocycles. The summed E-state index contributed by atoms with van der Waals surface area (Å²) in [7, 11) is 0. The topological polar surface area (TPSA) is 84.9 Å². The molecule has 0 saturated carbocycles. The average molecular weight is 362 g/mol. The lowest BCUT2D eigenvalue weighted by molar-refractivity contribution is -0.0218. The Hall–Kier alpha value is -2.41. The fourth-order valence-corrected chi connectivity index (χ4v) is 2.57. The molecular weight excluding hydrogens is 336 g/mol. The van der Waals surface area contributed by atoms with E-state index in [9.17, 15) is 14.4 Å². The van der Waals surface area contributed by atoms with Crippen molar-refractivity contribution in [2.24, 2.45) is 0 Å². The lowest BCUT2D eigenvalue weighted by Crippen LogP contribution is -2.50. The second-order valence-electron chi connectivity index (χ2n) is 7.26. The first-order valence-electron chi connectivity index (χ1n) is 8.64. The van der Waals surface area contributed by atoms with Crippen LogP contribution in [0.2, 0.25) is 0 Å². The third-order valence-electron chi connectivity index (χ3n) is 3.84. The number of hydrogen-bond donors (Lipinski definition) is 1. The van der Waals surface area contributed by atoms with E-state index in [4.69, 9.17) is 9.47 Å². The van der Waals surface area contributed by atoms with Gasteiger partial charge in [0.2, 0.25) is 0 Å². The summed E-state index contributed by atoms with van der Waals surface area (Å²) in [5.74, 6) is -0.158. The van der Waals surface area contributed by atoms with Crippen LogP contribution in [0.15, 0.2) is 24.3 Å². The number of benzene rings is 1. The van der Waals surface area contributed by atoms with Crippen molar-refractivity contribution < 1.29 is 23.9 Å². The quantitative estimate of drug-likeness (QED) is 0.831. The number of alkyl carbamates (subject to hydrolysis) is 1. The number of nitrogens with zero attached hydrogens (tertiary/aromatic N) is 1. The first-order valence-corrected chi connectivity index (χ1v) is 8.64. The van der Waals surface area contributed by atoms with E-state index in [-0.39, 0.29) is 24.3 Å². The van der Waals surface area contributed by atoms with Crippen molar-refractivity contribution in [1.82, 2.24) is 10.2 Å². The first-order chi connectivity index (χ1) is 12.2. The molecule has 2 rings (SSSR count). The van der Waals surface area contributed by atoms with E-state index in [2.05, 4.69) is 5.32 Å². The maximum Gasteiger partial charge on any atom is 0.407 e. The predicted octanol–water partition coefficient (Wildman–Crippen LogP) is 2.25. The molecule has 1 heterocycles. The van der Waals surface area contributed by atoms with Gasteiger partial charge in [0.15, 0.2) is 5.78 Å². The van der Waals surface area contributed by atoms with E-state index < -0.39 is 11.7 Å². The number of carbonyl (C=O) groups is 3. The van der Waals surface area contributed by atoms with Crippen LogP contribution in [0.5, 0.6) is 0 Å². The molecule has 1 aromatic rings. The summed E-state index contributed by atoms with van der Waals surface area (Å²) in [6, 6.07) is 6.61. The zero-order valence-corrected chi connectivity index (χ0v) is 15.7. The van der Waals surface area contributed by atoms with E-state index in [0.29, 0.717) is 30.8 Å². The van der Waals surface area contributed by atoms with Gasteiger partial charge in [0.05, 0.1) is 12.7 Å². The number of amides is 2. The van der Waals surface area contributed by atoms with Crippen LogP contribution in [-0.2, 0) is 9.47 Å². The Morgan fingerprint density at radius 2 is 1.81 bits per heavy atom. The standard InChI is InChI=1S/C19H26N2O5/c1-13(22)14-5-7-15(8-6-14)17(23)21-9-10-25-16(12-21)11-20-18(24)26-19(2,3)4/h5-8,16H,9-12H2,1-4H3,(H,20,24)/t16-/m0/s1. The molecule has 0 radical (unpaired) electrons. The number of ketones is 1. The molecule has 1 aliphatic heterocycles. The van der Waals surface area contributed by atoms with Gasteiger partial charge in [-0.15, -0.1) is 0 Å². The highest BCUT2D eigenvalue weighted by Crippen LogP contribution is 2.13. The van der Waals surface area contributed by atoms with E-state index in [1.165, 1.54) is 6.92 Å². The van der Waals surface area contributed by atoms with Crippen molar-refractivity contribution >= 4 is 17.8 Å². The van der Waals surface area contributed by atoms with Crippen molar-refractivity contribution in [3.63, 3.8) is 0 Å². The van der Waals surface area contributed by atoms with Crippen molar-refractivity contribution in [2.75, 3.05) is 26.2 Å². The lowest BCUT2D eigenvalue weighted by atomic mass is 10.1. The Morgan fingerprint density at radius 1 is 1.19 bits per heavy atom. The highest BCUT2D eigenvalue weighted by molar-refractivity contribution is 5.97. The molecule has 1 aromatic carbocycles. The summed E-state index contributed by atoms with van der Waals surface area (Å²) < 4.78 is 10.8. The van der Waals surface area contributed by atoms with Gasteiger partial charge in [-0.05, 0) is 39.8 Å². The summed E-state index contributed by atoms with van der Waals surface area (Å²) in [5.41, 5.74) is 0.532. The molecule has 1 aliphatic rings. The zero-order valence-electron chi connectivity index (χ0n) is 15.7. The third kappa shape index (κ3) is 5.84. The minimum atomic E-state index is -0.564. The minimum Gasteiger partial charge on any atom is -0.444 e. The summed E-state index contributed by atoms with van der Waals surface area (Å²) in [5, 5.41) is 2.67. The second kappa shape index (κ2) is 8.31. The minimum absolute atomic E-state index is 0.0383. The van der Waals surface area contributed by atoms with Crippen LogP contribution in [0.1, 0.15) is 48.4 Å². The lowest BCUT2D eigenvalue weighted by Gasteiger charge is -2.33. The second-order valence-corrected chi connectivity index (χ2v) is 7.26. The van der Waals surface area contributed by atoms with Gasteiger partial charge in [-0.2, -0.15) is 0 Å². The molecule has 1 atom stereocenters. The monoisotopic (exact) mass is 362 g/mol. The van der Waals surface area contributed by atoms with Crippen LogP contribution < -0.4 is 5.32 Å². The van der Waals surface area contributed by atoms with E-state index in [1.54, 1.807) is 49.9 Å².